The highest BCUT2D eigenvalue weighted by Crippen LogP contribution is 2.56. The molecule has 0 saturated heterocycles. The van der Waals surface area contributed by atoms with Gasteiger partial charge in [0.1, 0.15) is 0 Å². The topological polar surface area (TPSA) is 55.1 Å². The van der Waals surface area contributed by atoms with E-state index in [1.54, 1.807) is 0 Å². The molecule has 18 heavy (non-hydrogen) atoms. The molecule has 5 aliphatic rings. The number of hydrogen-bond acceptors (Lipinski definition) is 2. The Morgan fingerprint density at radius 1 is 1.06 bits per heavy atom. The molecule has 5 saturated carbocycles. The molecule has 0 aromatic carbocycles. The maximum absolute atomic E-state index is 12.6. The van der Waals surface area contributed by atoms with Crippen LogP contribution in [-0.4, -0.2) is 18.0 Å². The maximum Gasteiger partial charge on any atom is 0.224 e. The minimum atomic E-state index is -0.00819. The second-order valence-electron chi connectivity index (χ2n) is 7.43. The Hall–Kier alpha value is -0.570. The summed E-state index contributed by atoms with van der Waals surface area (Å²) < 4.78 is 0. The van der Waals surface area contributed by atoms with Crippen molar-refractivity contribution < 1.29 is 4.79 Å². The second-order valence-corrected chi connectivity index (χ2v) is 7.43. The van der Waals surface area contributed by atoms with E-state index < -0.39 is 0 Å². The Bertz CT molecular complexity index is 347. The summed E-state index contributed by atoms with van der Waals surface area (Å²) >= 11 is 0. The SMILES string of the molecule is NCC1(NC(=O)C2C3CC4CC(C3)CC2C4)CC1. The van der Waals surface area contributed by atoms with Crippen molar-refractivity contribution in [3.05, 3.63) is 0 Å². The number of hydrogen-bond donors (Lipinski definition) is 2. The van der Waals surface area contributed by atoms with E-state index in [0.717, 1.165) is 24.7 Å². The summed E-state index contributed by atoms with van der Waals surface area (Å²) in [4.78, 5) is 12.6. The van der Waals surface area contributed by atoms with Gasteiger partial charge in [0.25, 0.3) is 0 Å². The van der Waals surface area contributed by atoms with E-state index in [0.29, 0.717) is 30.2 Å². The highest BCUT2D eigenvalue weighted by Gasteiger charge is 2.52. The quantitative estimate of drug-likeness (QED) is 0.798. The van der Waals surface area contributed by atoms with Crippen LogP contribution in [0.4, 0.5) is 0 Å². The first kappa shape index (κ1) is 11.3. The van der Waals surface area contributed by atoms with Gasteiger partial charge in [-0.15, -0.1) is 0 Å². The van der Waals surface area contributed by atoms with Crippen molar-refractivity contribution in [1.82, 2.24) is 5.32 Å². The lowest BCUT2D eigenvalue weighted by Crippen LogP contribution is -2.54. The Morgan fingerprint density at radius 3 is 2.06 bits per heavy atom. The molecular weight excluding hydrogens is 224 g/mol. The van der Waals surface area contributed by atoms with Crippen LogP contribution < -0.4 is 11.1 Å². The zero-order valence-corrected chi connectivity index (χ0v) is 11.0. The van der Waals surface area contributed by atoms with Crippen LogP contribution in [0.15, 0.2) is 0 Å². The molecule has 3 N–H and O–H groups in total. The molecule has 0 radical (unpaired) electrons. The van der Waals surface area contributed by atoms with Gasteiger partial charge in [0, 0.05) is 12.5 Å². The average Bonchev–Trinajstić information content (AvgIpc) is 3.08. The van der Waals surface area contributed by atoms with Crippen molar-refractivity contribution in [1.29, 1.82) is 0 Å². The fourth-order valence-corrected chi connectivity index (χ4v) is 5.23. The van der Waals surface area contributed by atoms with Gasteiger partial charge in [0.2, 0.25) is 5.91 Å². The molecule has 0 aromatic rings. The smallest absolute Gasteiger partial charge is 0.224 e. The Morgan fingerprint density at radius 2 is 1.61 bits per heavy atom. The largest absolute Gasteiger partial charge is 0.349 e. The van der Waals surface area contributed by atoms with Crippen LogP contribution in [0, 0.1) is 29.6 Å². The third-order valence-electron chi connectivity index (χ3n) is 6.16. The lowest BCUT2D eigenvalue weighted by atomic mass is 9.51. The lowest BCUT2D eigenvalue weighted by molar-refractivity contribution is -0.139. The van der Waals surface area contributed by atoms with E-state index in [2.05, 4.69) is 5.32 Å². The normalized spacial score (nSPS) is 47.1. The van der Waals surface area contributed by atoms with Gasteiger partial charge < -0.3 is 11.1 Å². The number of carbonyl (C=O) groups excluding carboxylic acids is 1. The van der Waals surface area contributed by atoms with Crippen LogP contribution >= 0.6 is 0 Å². The van der Waals surface area contributed by atoms with Crippen LogP contribution in [0.1, 0.15) is 44.9 Å². The summed E-state index contributed by atoms with van der Waals surface area (Å²) in [5.74, 6) is 3.93. The molecule has 0 aromatic heterocycles. The van der Waals surface area contributed by atoms with Gasteiger partial charge in [0.05, 0.1) is 5.54 Å². The van der Waals surface area contributed by atoms with Crippen molar-refractivity contribution >= 4 is 5.91 Å². The van der Waals surface area contributed by atoms with Crippen LogP contribution in [0.25, 0.3) is 0 Å². The number of nitrogens with one attached hydrogen (secondary N) is 1. The van der Waals surface area contributed by atoms with Gasteiger partial charge in [-0.2, -0.15) is 0 Å². The van der Waals surface area contributed by atoms with Gasteiger partial charge in [-0.05, 0) is 68.6 Å². The van der Waals surface area contributed by atoms with Crippen LogP contribution in [0.5, 0.6) is 0 Å². The van der Waals surface area contributed by atoms with Crippen LogP contribution in [0.3, 0.4) is 0 Å². The Balaban J connectivity index is 1.49. The highest BCUT2D eigenvalue weighted by atomic mass is 16.2. The zero-order chi connectivity index (χ0) is 12.3. The average molecular weight is 248 g/mol. The predicted molar refractivity (Wildman–Crippen MR) is 69.7 cm³/mol. The first-order valence-corrected chi connectivity index (χ1v) is 7.71. The third kappa shape index (κ3) is 1.63. The maximum atomic E-state index is 12.6. The molecule has 0 atom stereocenters. The van der Waals surface area contributed by atoms with E-state index in [4.69, 9.17) is 5.73 Å². The predicted octanol–water partition coefficient (Wildman–Crippen LogP) is 1.67. The lowest BCUT2D eigenvalue weighted by Gasteiger charge is -2.53. The number of amides is 1. The first-order chi connectivity index (χ1) is 8.69. The van der Waals surface area contributed by atoms with Crippen LogP contribution in [0.2, 0.25) is 0 Å². The molecule has 5 rings (SSSR count). The molecule has 0 aliphatic heterocycles. The molecule has 5 aliphatic carbocycles. The molecule has 100 valence electrons. The third-order valence-corrected chi connectivity index (χ3v) is 6.16. The molecule has 1 amide bonds. The summed E-state index contributed by atoms with van der Waals surface area (Å²) in [6.07, 6.45) is 8.90. The van der Waals surface area contributed by atoms with Crippen molar-refractivity contribution in [2.24, 2.45) is 35.3 Å². The summed E-state index contributed by atoms with van der Waals surface area (Å²) in [6, 6.07) is 0. The van der Waals surface area contributed by atoms with Gasteiger partial charge in [-0.1, -0.05) is 0 Å². The van der Waals surface area contributed by atoms with Gasteiger partial charge in [0.15, 0.2) is 0 Å². The fraction of sp³-hybridized carbons (Fsp3) is 0.933. The minimum Gasteiger partial charge on any atom is -0.349 e. The molecule has 3 nitrogen and oxygen atoms in total. The number of nitrogens with two attached hydrogens (primary N) is 1. The van der Waals surface area contributed by atoms with Crippen molar-refractivity contribution in [2.75, 3.05) is 6.54 Å². The molecule has 5 fully saturated rings. The monoisotopic (exact) mass is 248 g/mol. The zero-order valence-electron chi connectivity index (χ0n) is 11.0. The first-order valence-electron chi connectivity index (χ1n) is 7.71. The minimum absolute atomic E-state index is 0.00819. The van der Waals surface area contributed by atoms with E-state index in [1.165, 1.54) is 32.1 Å². The van der Waals surface area contributed by atoms with Crippen molar-refractivity contribution in [3.8, 4) is 0 Å². The Kier molecular flexibility index (Phi) is 2.33. The molecule has 0 unspecified atom stereocenters. The van der Waals surface area contributed by atoms with Gasteiger partial charge in [-0.3, -0.25) is 4.79 Å². The number of rotatable bonds is 3. The summed E-state index contributed by atoms with van der Waals surface area (Å²) in [6.45, 7) is 0.617. The second kappa shape index (κ2) is 3.72. The summed E-state index contributed by atoms with van der Waals surface area (Å²) in [5.41, 5.74) is 5.77. The molecule has 3 heteroatoms. The van der Waals surface area contributed by atoms with Crippen molar-refractivity contribution in [2.45, 2.75) is 50.5 Å². The van der Waals surface area contributed by atoms with E-state index >= 15 is 0 Å². The summed E-state index contributed by atoms with van der Waals surface area (Å²) in [5, 5.41) is 3.28. The standard InChI is InChI=1S/C15H24N2O/c16-8-15(1-2-15)17-14(18)13-11-4-9-3-10(6-11)7-12(13)5-9/h9-13H,1-8,16H2,(H,17,18). The molecule has 0 spiro atoms. The summed E-state index contributed by atoms with van der Waals surface area (Å²) in [7, 11) is 0. The molecular formula is C15H24N2O. The van der Waals surface area contributed by atoms with E-state index in [-0.39, 0.29) is 5.54 Å². The fourth-order valence-electron chi connectivity index (χ4n) is 5.23. The van der Waals surface area contributed by atoms with Crippen molar-refractivity contribution in [3.63, 3.8) is 0 Å². The number of carbonyl (C=O) groups is 1. The van der Waals surface area contributed by atoms with Crippen LogP contribution in [-0.2, 0) is 4.79 Å². The van der Waals surface area contributed by atoms with E-state index in [1.807, 2.05) is 0 Å². The molecule has 0 heterocycles. The van der Waals surface area contributed by atoms with Gasteiger partial charge >= 0.3 is 0 Å². The highest BCUT2D eigenvalue weighted by molar-refractivity contribution is 5.81. The molecule has 4 bridgehead atoms. The van der Waals surface area contributed by atoms with E-state index in [9.17, 15) is 4.79 Å². The van der Waals surface area contributed by atoms with Gasteiger partial charge in [-0.25, -0.2) is 0 Å². The Labute approximate surface area is 109 Å².